The van der Waals surface area contributed by atoms with Crippen molar-refractivity contribution in [2.75, 3.05) is 19.8 Å². The number of ether oxygens (including phenoxy) is 2. The molecule has 13 heavy (non-hydrogen) atoms. The molecule has 0 N–H and O–H groups in total. The fraction of sp³-hybridized carbons (Fsp3) is 1.00. The van der Waals surface area contributed by atoms with E-state index in [1.165, 1.54) is 12.5 Å². The first kappa shape index (κ1) is 11.2. The first-order valence-corrected chi connectivity index (χ1v) is 6.98. The standard InChI is InChI=1S/C10H22O2Si/c1-10(2,3)13-6-4-5-11-7-9-8-12-9/h9H,4-8,13H2,1-3H3. The molecule has 78 valence electrons. The predicted octanol–water partition coefficient (Wildman–Crippen LogP) is 1.60. The molecule has 0 saturated carbocycles. The van der Waals surface area contributed by atoms with E-state index in [0.717, 1.165) is 19.8 Å². The van der Waals surface area contributed by atoms with E-state index in [4.69, 9.17) is 9.47 Å². The quantitative estimate of drug-likeness (QED) is 0.371. The van der Waals surface area contributed by atoms with Crippen molar-refractivity contribution in [1.82, 2.24) is 0 Å². The van der Waals surface area contributed by atoms with Gasteiger partial charge in [-0.25, -0.2) is 0 Å². The smallest absolute Gasteiger partial charge is 0.104 e. The Morgan fingerprint density at radius 1 is 1.46 bits per heavy atom. The third kappa shape index (κ3) is 7.23. The van der Waals surface area contributed by atoms with Gasteiger partial charge in [0.05, 0.1) is 13.2 Å². The fourth-order valence-corrected chi connectivity index (χ4v) is 2.75. The molecule has 0 radical (unpaired) electrons. The third-order valence-electron chi connectivity index (χ3n) is 2.17. The molecule has 0 aromatic rings. The molecular weight excluding hydrogens is 180 g/mol. The summed E-state index contributed by atoms with van der Waals surface area (Å²) in [5.41, 5.74) is 0. The maximum Gasteiger partial charge on any atom is 0.104 e. The third-order valence-corrected chi connectivity index (χ3v) is 4.53. The van der Waals surface area contributed by atoms with Crippen LogP contribution in [0.4, 0.5) is 0 Å². The second-order valence-corrected chi connectivity index (χ2v) is 8.38. The highest BCUT2D eigenvalue weighted by Gasteiger charge is 2.21. The first-order chi connectivity index (χ1) is 6.08. The van der Waals surface area contributed by atoms with E-state index in [1.54, 1.807) is 0 Å². The summed E-state index contributed by atoms with van der Waals surface area (Å²) >= 11 is 0. The molecule has 1 rings (SSSR count). The van der Waals surface area contributed by atoms with Crippen LogP contribution in [0.15, 0.2) is 0 Å². The molecule has 3 heteroatoms. The van der Waals surface area contributed by atoms with Gasteiger partial charge in [-0.15, -0.1) is 0 Å². The van der Waals surface area contributed by atoms with E-state index in [9.17, 15) is 0 Å². The van der Waals surface area contributed by atoms with Crippen molar-refractivity contribution < 1.29 is 9.47 Å². The maximum absolute atomic E-state index is 5.47. The summed E-state index contributed by atoms with van der Waals surface area (Å²) in [6.07, 6.45) is 1.68. The van der Waals surface area contributed by atoms with E-state index in [2.05, 4.69) is 20.8 Å². The van der Waals surface area contributed by atoms with E-state index >= 15 is 0 Å². The van der Waals surface area contributed by atoms with Gasteiger partial charge in [0.15, 0.2) is 0 Å². The zero-order valence-electron chi connectivity index (χ0n) is 9.14. The van der Waals surface area contributed by atoms with Gasteiger partial charge in [-0.3, -0.25) is 0 Å². The van der Waals surface area contributed by atoms with Gasteiger partial charge in [-0.1, -0.05) is 26.8 Å². The summed E-state index contributed by atoms with van der Waals surface area (Å²) in [4.78, 5) is 0. The second kappa shape index (κ2) is 5.13. The number of rotatable bonds is 6. The molecule has 0 aliphatic carbocycles. The monoisotopic (exact) mass is 202 g/mol. The lowest BCUT2D eigenvalue weighted by atomic mass is 10.2. The lowest BCUT2D eigenvalue weighted by molar-refractivity contribution is 0.117. The molecule has 0 bridgehead atoms. The molecule has 1 aliphatic heterocycles. The Hall–Kier alpha value is 0.137. The van der Waals surface area contributed by atoms with Gasteiger partial charge in [0.2, 0.25) is 0 Å². The summed E-state index contributed by atoms with van der Waals surface area (Å²) in [5.74, 6) is 0. The van der Waals surface area contributed by atoms with E-state index in [1.807, 2.05) is 0 Å². The van der Waals surface area contributed by atoms with E-state index < -0.39 is 0 Å². The highest BCUT2D eigenvalue weighted by atomic mass is 28.2. The Labute approximate surface area is 83.8 Å². The molecular formula is C10H22O2Si. The minimum atomic E-state index is 0.107. The molecule has 1 fully saturated rings. The lowest BCUT2D eigenvalue weighted by Gasteiger charge is -2.16. The highest BCUT2D eigenvalue weighted by molar-refractivity contribution is 6.39. The summed E-state index contributed by atoms with van der Waals surface area (Å²) in [6.45, 7) is 9.70. The van der Waals surface area contributed by atoms with Gasteiger partial charge in [0, 0.05) is 16.1 Å². The van der Waals surface area contributed by atoms with Crippen LogP contribution in [-0.2, 0) is 9.47 Å². The van der Waals surface area contributed by atoms with Crippen molar-refractivity contribution in [3.05, 3.63) is 0 Å². The van der Waals surface area contributed by atoms with Gasteiger partial charge in [0.1, 0.15) is 6.10 Å². The minimum absolute atomic E-state index is 0.107. The predicted molar refractivity (Wildman–Crippen MR) is 58.2 cm³/mol. The summed E-state index contributed by atoms with van der Waals surface area (Å²) < 4.78 is 10.5. The van der Waals surface area contributed by atoms with Gasteiger partial charge >= 0.3 is 0 Å². The van der Waals surface area contributed by atoms with Crippen molar-refractivity contribution in [1.29, 1.82) is 0 Å². The largest absolute Gasteiger partial charge is 0.379 e. The van der Waals surface area contributed by atoms with Crippen LogP contribution in [-0.4, -0.2) is 35.4 Å². The molecule has 1 saturated heterocycles. The lowest BCUT2D eigenvalue weighted by Crippen LogP contribution is -2.09. The van der Waals surface area contributed by atoms with Crippen LogP contribution >= 0.6 is 0 Å². The Morgan fingerprint density at radius 2 is 2.15 bits per heavy atom. The Kier molecular flexibility index (Phi) is 4.42. The molecule has 0 aromatic heterocycles. The second-order valence-electron chi connectivity index (χ2n) is 5.05. The van der Waals surface area contributed by atoms with Gasteiger partial charge in [-0.05, 0) is 11.5 Å². The summed E-state index contributed by atoms with van der Waals surface area (Å²) in [6, 6.07) is 1.41. The zero-order chi connectivity index (χ0) is 9.73. The van der Waals surface area contributed by atoms with Crippen LogP contribution in [0.1, 0.15) is 27.2 Å². The van der Waals surface area contributed by atoms with Crippen LogP contribution in [0, 0.1) is 0 Å². The summed E-state index contributed by atoms with van der Waals surface area (Å²) in [7, 11) is 0.107. The van der Waals surface area contributed by atoms with Crippen molar-refractivity contribution in [2.24, 2.45) is 0 Å². The first-order valence-electron chi connectivity index (χ1n) is 5.27. The molecule has 1 atom stereocenters. The van der Waals surface area contributed by atoms with Gasteiger partial charge in [0.25, 0.3) is 0 Å². The fourth-order valence-electron chi connectivity index (χ4n) is 1.24. The normalized spacial score (nSPS) is 22.8. The molecule has 0 spiro atoms. The molecule has 1 unspecified atom stereocenters. The average molecular weight is 202 g/mol. The summed E-state index contributed by atoms with van der Waals surface area (Å²) in [5, 5.41) is 0.611. The Balaban J connectivity index is 1.78. The Morgan fingerprint density at radius 3 is 2.69 bits per heavy atom. The molecule has 1 aliphatic rings. The highest BCUT2D eigenvalue weighted by Crippen LogP contribution is 2.22. The Bertz CT molecular complexity index is 138. The van der Waals surface area contributed by atoms with Crippen LogP contribution in [0.5, 0.6) is 0 Å². The van der Waals surface area contributed by atoms with Crippen LogP contribution in [0.2, 0.25) is 11.1 Å². The van der Waals surface area contributed by atoms with Gasteiger partial charge < -0.3 is 9.47 Å². The average Bonchev–Trinajstić information content (AvgIpc) is 2.77. The van der Waals surface area contributed by atoms with Gasteiger partial charge in [-0.2, -0.15) is 0 Å². The van der Waals surface area contributed by atoms with Crippen molar-refractivity contribution in [3.63, 3.8) is 0 Å². The molecule has 0 amide bonds. The van der Waals surface area contributed by atoms with Crippen LogP contribution in [0.3, 0.4) is 0 Å². The topological polar surface area (TPSA) is 21.8 Å². The maximum atomic E-state index is 5.47. The molecule has 0 aromatic carbocycles. The van der Waals surface area contributed by atoms with Crippen molar-refractivity contribution in [3.8, 4) is 0 Å². The number of hydrogen-bond donors (Lipinski definition) is 0. The van der Waals surface area contributed by atoms with Crippen LogP contribution < -0.4 is 0 Å². The molecule has 1 heterocycles. The van der Waals surface area contributed by atoms with E-state index in [-0.39, 0.29) is 9.52 Å². The van der Waals surface area contributed by atoms with Crippen molar-refractivity contribution in [2.45, 2.75) is 44.4 Å². The zero-order valence-corrected chi connectivity index (χ0v) is 10.6. The van der Waals surface area contributed by atoms with Crippen LogP contribution in [0.25, 0.3) is 0 Å². The number of epoxide rings is 1. The van der Waals surface area contributed by atoms with Crippen molar-refractivity contribution >= 4 is 9.52 Å². The number of hydrogen-bond acceptors (Lipinski definition) is 2. The van der Waals surface area contributed by atoms with E-state index in [0.29, 0.717) is 11.1 Å². The molecule has 2 nitrogen and oxygen atoms in total. The SMILES string of the molecule is CC(C)(C)[SiH2]CCCOCC1CO1. The minimum Gasteiger partial charge on any atom is -0.379 e.